The van der Waals surface area contributed by atoms with Gasteiger partial charge in [-0.25, -0.2) is 0 Å². The topological polar surface area (TPSA) is 991 Å². The monoisotopic (exact) mass is 1910 g/mol. The maximum atomic E-state index is 12.1. The van der Waals surface area contributed by atoms with E-state index in [0.29, 0.717) is 54.5 Å². The van der Waals surface area contributed by atoms with E-state index in [1.807, 2.05) is 24.3 Å². The molecule has 4 amide bonds. The average Bonchev–Trinajstić information content (AvgIpc) is 0.788. The minimum atomic E-state index is -0.905. The van der Waals surface area contributed by atoms with Crippen LogP contribution in [0.2, 0.25) is 40.2 Å². The molecule has 8 aromatic carbocycles. The highest BCUT2D eigenvalue weighted by Crippen LogP contribution is 2.43. The van der Waals surface area contributed by atoms with Gasteiger partial charge >= 0.3 is 0 Å². The number of anilines is 8. The number of nitrogens with one attached hydrogen (secondary N) is 8. The van der Waals surface area contributed by atoms with E-state index in [0.717, 1.165) is 41.6 Å². The lowest BCUT2D eigenvalue weighted by molar-refractivity contribution is -0.393. The van der Waals surface area contributed by atoms with Gasteiger partial charge in [-0.15, -0.1) is 0 Å². The number of hydrogen-bond donors (Lipinski definition) is 30. The summed E-state index contributed by atoms with van der Waals surface area (Å²) < 4.78 is 0. The quantitative estimate of drug-likeness (QED) is 0.0172. The number of nitrogens with zero attached hydrogens (tertiary/aromatic N) is 6. The normalized spacial score (nSPS) is 9.26. The summed E-state index contributed by atoms with van der Waals surface area (Å²) in [6.45, 7) is -0.603. The summed E-state index contributed by atoms with van der Waals surface area (Å²) in [6, 6.07) is 31.4. The van der Waals surface area contributed by atoms with Crippen molar-refractivity contribution in [2.45, 2.75) is 25.7 Å². The zero-order valence-electron chi connectivity index (χ0n) is 64.9. The third kappa shape index (κ3) is 44.1. The molecule has 0 aliphatic carbocycles. The Hall–Kier alpha value is -11.3. The second kappa shape index (κ2) is 71.1. The fourth-order valence-electron chi connectivity index (χ4n) is 8.98. The first-order valence-electron chi connectivity index (χ1n) is 32.8. The van der Waals surface area contributed by atoms with E-state index < -0.39 is 64.8 Å². The molecule has 0 spiro atoms. The molecule has 0 unspecified atom stereocenters. The van der Waals surface area contributed by atoms with Gasteiger partial charge in [-0.3, -0.25) is 173 Å². The Balaban J connectivity index is -0.000000354. The van der Waals surface area contributed by atoms with Gasteiger partial charge in [-0.1, -0.05) is 123 Å². The van der Waals surface area contributed by atoms with E-state index in [4.69, 9.17) is 113 Å². The van der Waals surface area contributed by atoms with Crippen LogP contribution in [0.25, 0.3) is 0 Å². The summed E-state index contributed by atoms with van der Waals surface area (Å²) in [5, 5.41) is 124. The van der Waals surface area contributed by atoms with E-state index in [2.05, 4.69) is 136 Å². The van der Waals surface area contributed by atoms with Gasteiger partial charge in [-0.2, -0.15) is 0 Å². The zero-order valence-corrected chi connectivity index (χ0v) is 70.9. The maximum Gasteiger partial charge on any atom is 0.299 e. The third-order valence-electron chi connectivity index (χ3n) is 13.8. The summed E-state index contributed by atoms with van der Waals surface area (Å²) in [7, 11) is 0. The molecule has 50 N–H and O–H groups in total. The van der Waals surface area contributed by atoms with Crippen LogP contribution in [0.5, 0.6) is 0 Å². The van der Waals surface area contributed by atoms with Gasteiger partial charge in [0.25, 0.3) is 34.1 Å². The number of aliphatic hydroxyl groups excluding tert-OH is 4. The molecule has 0 fully saturated rings. The number of carbonyl (C=O) groups excluding carboxylic acids is 4. The lowest BCUT2D eigenvalue weighted by atomic mass is 10.1. The molecule has 0 aliphatic rings. The van der Waals surface area contributed by atoms with Gasteiger partial charge in [0.15, 0.2) is 0 Å². The molecule has 8 aromatic rings. The molecule has 124 heavy (non-hydrogen) atoms. The van der Waals surface area contributed by atoms with Crippen LogP contribution >= 0.6 is 92.8 Å². The number of aliphatic hydroxyl groups is 4. The van der Waals surface area contributed by atoms with Crippen molar-refractivity contribution >= 4 is 196 Å². The van der Waals surface area contributed by atoms with Gasteiger partial charge in [0.1, 0.15) is 5.69 Å². The maximum absolute atomic E-state index is 12.1. The number of benzene rings is 8. The Morgan fingerprint density at radius 1 is 0.274 bits per heavy atom. The molecule has 0 saturated heterocycles. The van der Waals surface area contributed by atoms with Crippen molar-refractivity contribution in [3.63, 3.8) is 0 Å². The molecule has 0 atom stereocenters. The Morgan fingerprint density at radius 2 is 0.516 bits per heavy atom. The first kappa shape index (κ1) is 123. The van der Waals surface area contributed by atoms with Crippen LogP contribution in [0.4, 0.5) is 79.6 Å². The molecular formula is C64H96Cl8N32O20. The van der Waals surface area contributed by atoms with Crippen LogP contribution in [-0.2, 0) is 44.9 Å². The number of hydrazine groups is 8. The van der Waals surface area contributed by atoms with Crippen molar-refractivity contribution in [2.75, 3.05) is 73.9 Å². The van der Waals surface area contributed by atoms with Gasteiger partial charge in [-0.05, 0) is 64.7 Å². The van der Waals surface area contributed by atoms with E-state index >= 15 is 0 Å². The number of non-ortho nitro benzene ring substituents is 5. The standard InChI is InChI=1S/C16H13Cl2N5O8.C16H14Cl2N4O6.C16H15Cl2N3O4.C16H16Cl2N2O2.8H4N2.2H3N/c17-11-5-10(22(28)29)6-12(18)16(11)20-15-8(4-14(25)19-1-2-24)3-9(21(26)27)7-13(15)23(30)31;17-12-7-11(22(27)28)8-13(18)16(12)20-14-2-1-10(21(25)26)5-9(14)6-15(24)19-3-4-23;17-12-2-1-3-13(18)16(12)20-14-5-4-11(21(24)25)8-10(14)9-15(23)19-6-7-22;17-12-5-3-6-13(18)16(12)20-14-7-2-1-4-11(14)10-15(22)19-8-9-21;8*1-2;;/h3,5-7,20,24H,1-2,4H2,(H,19,25);1-2,5,7-8,20,23H,3-4,6H2,(H,19,24);1-5,8,20,22H,6-7,9H2,(H,19,23);1-7,20-21H,8-10H2,(H,19,22);8*1-2H2;2*1H3. The predicted molar refractivity (Wildman–Crippen MR) is 477 cm³/mol. The van der Waals surface area contributed by atoms with Crippen molar-refractivity contribution in [3.05, 3.63) is 257 Å². The second-order valence-corrected chi connectivity index (χ2v) is 24.4. The van der Waals surface area contributed by atoms with Crippen molar-refractivity contribution in [1.82, 2.24) is 33.6 Å². The molecule has 52 nitrogen and oxygen atoms in total. The van der Waals surface area contributed by atoms with E-state index in [-0.39, 0.29) is 161 Å². The summed E-state index contributed by atoms with van der Waals surface area (Å²) in [4.78, 5) is 110. The zero-order chi connectivity index (χ0) is 94.5. The van der Waals surface area contributed by atoms with Gasteiger partial charge < -0.3 is 75.3 Å². The first-order valence-corrected chi connectivity index (χ1v) is 35.8. The molecule has 0 heterocycles. The molecule has 688 valence electrons. The summed E-state index contributed by atoms with van der Waals surface area (Å²) >= 11 is 48.8. The Labute approximate surface area is 744 Å². The number of nitrogens with two attached hydrogens (primary N) is 16. The number of carbonyl (C=O) groups is 4. The number of halogens is 8. The van der Waals surface area contributed by atoms with E-state index in [1.165, 1.54) is 36.4 Å². The first-order chi connectivity index (χ1) is 58.3. The number of amides is 4. The van der Waals surface area contributed by atoms with E-state index in [9.17, 15) is 79.9 Å². The molecule has 60 heteroatoms. The third-order valence-corrected chi connectivity index (χ3v) is 16.2. The predicted octanol–water partition coefficient (Wildman–Crippen LogP) is 3.88. The Morgan fingerprint density at radius 3 is 0.798 bits per heavy atom. The van der Waals surface area contributed by atoms with Crippen LogP contribution < -0.4 is 148 Å². The fourth-order valence-corrected chi connectivity index (χ4v) is 11.1. The van der Waals surface area contributed by atoms with Crippen LogP contribution in [0.3, 0.4) is 0 Å². The lowest BCUT2D eigenvalue weighted by Gasteiger charge is -2.15. The molecule has 0 saturated carbocycles. The van der Waals surface area contributed by atoms with Crippen molar-refractivity contribution in [2.24, 2.45) is 93.5 Å². The SMILES string of the molecule is N.N.NN.NN.NN.NN.NN.NN.NN.NN.O=C(Cc1cc([N+](=O)[O-])cc([N+](=O)[O-])c1Nc1c(Cl)cc([N+](=O)[O-])cc1Cl)NCCO.O=C(Cc1cc([N+](=O)[O-])ccc1Nc1c(Cl)cc([N+](=O)[O-])cc1Cl)NCCO.O=C(Cc1cc([N+](=O)[O-])ccc1Nc1c(Cl)cccc1Cl)NCCO.O=C(Cc1ccccc1Nc1c(Cl)cccc1Cl)NCCO. The smallest absolute Gasteiger partial charge is 0.299 e. The number of nitro groups is 6. The summed E-state index contributed by atoms with van der Waals surface area (Å²) in [5.41, 5.74) is 1.17. The second-order valence-electron chi connectivity index (χ2n) is 21.1. The Kier molecular flexibility index (Phi) is 70.8. The molecule has 0 radical (unpaired) electrons. The van der Waals surface area contributed by atoms with Crippen LogP contribution in [-0.4, -0.2) is 126 Å². The highest BCUT2D eigenvalue weighted by atomic mass is 35.5. The van der Waals surface area contributed by atoms with Gasteiger partial charge in [0.2, 0.25) is 23.6 Å². The van der Waals surface area contributed by atoms with E-state index in [1.54, 1.807) is 36.4 Å². The van der Waals surface area contributed by atoms with Crippen molar-refractivity contribution in [3.8, 4) is 0 Å². The summed E-state index contributed by atoms with van der Waals surface area (Å²) in [5.74, 6) is 62.3. The lowest BCUT2D eigenvalue weighted by Crippen LogP contribution is -2.28. The van der Waals surface area contributed by atoms with Crippen molar-refractivity contribution < 1.29 is 69.1 Å². The highest BCUT2D eigenvalue weighted by Gasteiger charge is 2.28. The number of hydrogen-bond acceptors (Lipinski definition) is 42. The molecular weight excluding hydrogens is 1820 g/mol. The highest BCUT2D eigenvalue weighted by molar-refractivity contribution is 6.41. The minimum absolute atomic E-state index is 0. The average molecular weight is 1920 g/mol. The van der Waals surface area contributed by atoms with Gasteiger partial charge in [0, 0.05) is 97.8 Å². The molecule has 0 aromatic heterocycles. The fraction of sp³-hybridized carbons (Fsp3) is 0.188. The number of nitro benzene ring substituents is 6. The number of rotatable bonds is 30. The molecule has 8 rings (SSSR count). The number of para-hydroxylation sites is 3. The largest absolute Gasteiger partial charge is 0.395 e. The Bertz CT molecular complexity index is 4560. The van der Waals surface area contributed by atoms with Crippen LogP contribution in [0.1, 0.15) is 22.3 Å². The van der Waals surface area contributed by atoms with Gasteiger partial charge in [0.05, 0.1) is 151 Å². The summed E-state index contributed by atoms with van der Waals surface area (Å²) in [6.07, 6.45) is -0.642. The molecule has 0 bridgehead atoms. The minimum Gasteiger partial charge on any atom is -0.395 e. The van der Waals surface area contributed by atoms with Crippen molar-refractivity contribution in [1.29, 1.82) is 0 Å². The van der Waals surface area contributed by atoms with Crippen LogP contribution in [0.15, 0.2) is 133 Å². The van der Waals surface area contributed by atoms with Crippen LogP contribution in [0, 0.1) is 60.7 Å². The molecule has 0 aliphatic heterocycles.